The van der Waals surface area contributed by atoms with E-state index >= 15 is 0 Å². The van der Waals surface area contributed by atoms with Crippen molar-refractivity contribution in [2.24, 2.45) is 0 Å². The zero-order chi connectivity index (χ0) is 11.1. The molecule has 0 radical (unpaired) electrons. The number of nitrogens with zero attached hydrogens (tertiary/aromatic N) is 2. The van der Waals surface area contributed by atoms with Crippen molar-refractivity contribution in [3.05, 3.63) is 30.1 Å². The molecule has 3 rings (SSSR count). The summed E-state index contributed by atoms with van der Waals surface area (Å²) in [6.07, 6.45) is 9.11. The van der Waals surface area contributed by atoms with Crippen LogP contribution in [0.1, 0.15) is 37.7 Å². The molecule has 3 heteroatoms. The van der Waals surface area contributed by atoms with E-state index in [-0.39, 0.29) is 5.60 Å². The summed E-state index contributed by atoms with van der Waals surface area (Å²) in [5.41, 5.74) is 0.00412. The van der Waals surface area contributed by atoms with E-state index in [1.807, 2.05) is 12.1 Å². The van der Waals surface area contributed by atoms with Crippen LogP contribution in [0.5, 0.6) is 0 Å². The topological polar surface area (TPSA) is 49.2 Å². The van der Waals surface area contributed by atoms with Gasteiger partial charge in [0.25, 0.3) is 0 Å². The predicted octanol–water partition coefficient (Wildman–Crippen LogP) is 2.53. The molecule has 82 valence electrons. The van der Waals surface area contributed by atoms with Crippen molar-refractivity contribution in [1.29, 1.82) is 5.26 Å². The Kier molecular flexibility index (Phi) is 2.02. The van der Waals surface area contributed by atoms with Crippen molar-refractivity contribution < 1.29 is 4.74 Å². The van der Waals surface area contributed by atoms with Gasteiger partial charge in [-0.05, 0) is 18.9 Å². The number of pyridine rings is 1. The number of hydrogen-bond acceptors (Lipinski definition) is 3. The Bertz CT molecular complexity index is 431. The number of aromatic nitrogens is 1. The van der Waals surface area contributed by atoms with Gasteiger partial charge in [-0.3, -0.25) is 4.98 Å². The highest BCUT2D eigenvalue weighted by Gasteiger charge is 2.71. The van der Waals surface area contributed by atoms with Gasteiger partial charge < -0.3 is 4.74 Å². The number of rotatable bonds is 1. The van der Waals surface area contributed by atoms with Gasteiger partial charge in [-0.1, -0.05) is 25.3 Å². The molecule has 1 saturated heterocycles. The van der Waals surface area contributed by atoms with Crippen LogP contribution in [-0.2, 0) is 10.3 Å². The molecular formula is C13H14N2O. The van der Waals surface area contributed by atoms with Gasteiger partial charge in [-0.2, -0.15) is 5.26 Å². The van der Waals surface area contributed by atoms with E-state index in [4.69, 9.17) is 4.74 Å². The Morgan fingerprint density at radius 3 is 2.75 bits per heavy atom. The van der Waals surface area contributed by atoms with E-state index in [2.05, 4.69) is 11.1 Å². The first-order valence-electron chi connectivity index (χ1n) is 5.85. The Hall–Kier alpha value is -1.40. The van der Waals surface area contributed by atoms with Crippen LogP contribution in [0, 0.1) is 11.3 Å². The second-order valence-electron chi connectivity index (χ2n) is 4.69. The van der Waals surface area contributed by atoms with Crippen molar-refractivity contribution in [2.75, 3.05) is 0 Å². The van der Waals surface area contributed by atoms with Crippen LogP contribution in [0.25, 0.3) is 0 Å². The SMILES string of the molecule is N#C[C@@]1(c2cccnc2)OC12CCCCC2. The third kappa shape index (κ3) is 1.14. The normalized spacial score (nSPS) is 30.9. The molecule has 0 unspecified atom stereocenters. The van der Waals surface area contributed by atoms with Crippen molar-refractivity contribution in [1.82, 2.24) is 4.98 Å². The second kappa shape index (κ2) is 3.29. The first-order valence-corrected chi connectivity index (χ1v) is 5.85. The fraction of sp³-hybridized carbons (Fsp3) is 0.538. The zero-order valence-electron chi connectivity index (χ0n) is 9.15. The molecule has 1 aliphatic carbocycles. The summed E-state index contributed by atoms with van der Waals surface area (Å²) < 4.78 is 5.87. The molecule has 1 saturated carbocycles. The smallest absolute Gasteiger partial charge is 0.210 e. The molecule has 0 amide bonds. The molecule has 0 N–H and O–H groups in total. The lowest BCUT2D eigenvalue weighted by Crippen LogP contribution is -2.25. The standard InChI is InChI=1S/C13H14N2O/c14-10-13(11-5-4-8-15-9-11)12(16-13)6-2-1-3-7-12/h4-5,8-9H,1-3,6-7H2/t13-/m0/s1. The summed E-state index contributed by atoms with van der Waals surface area (Å²) in [5, 5.41) is 9.42. The quantitative estimate of drug-likeness (QED) is 0.675. The number of nitriles is 1. The Morgan fingerprint density at radius 1 is 1.31 bits per heavy atom. The summed E-state index contributed by atoms with van der Waals surface area (Å²) >= 11 is 0. The molecule has 1 aromatic heterocycles. The van der Waals surface area contributed by atoms with E-state index in [9.17, 15) is 5.26 Å². The van der Waals surface area contributed by atoms with E-state index in [1.54, 1.807) is 12.4 Å². The average Bonchev–Trinajstić information content (AvgIpc) is 3.00. The summed E-state index contributed by atoms with van der Waals surface area (Å²) in [6, 6.07) is 6.18. The van der Waals surface area contributed by atoms with Gasteiger partial charge >= 0.3 is 0 Å². The third-order valence-electron chi connectivity index (χ3n) is 3.84. The highest BCUT2D eigenvalue weighted by Crippen LogP contribution is 2.61. The zero-order valence-corrected chi connectivity index (χ0v) is 9.15. The molecule has 1 atom stereocenters. The van der Waals surface area contributed by atoms with Gasteiger partial charge in [0.05, 0.1) is 0 Å². The van der Waals surface area contributed by atoms with E-state index in [0.717, 1.165) is 18.4 Å². The molecule has 1 aromatic rings. The van der Waals surface area contributed by atoms with Crippen LogP contribution in [0.3, 0.4) is 0 Å². The molecule has 2 fully saturated rings. The summed E-state index contributed by atoms with van der Waals surface area (Å²) in [7, 11) is 0. The van der Waals surface area contributed by atoms with E-state index in [1.165, 1.54) is 19.3 Å². The second-order valence-corrected chi connectivity index (χ2v) is 4.69. The number of ether oxygens (including phenoxy) is 1. The van der Waals surface area contributed by atoms with E-state index < -0.39 is 5.60 Å². The van der Waals surface area contributed by atoms with Crippen LogP contribution in [0.4, 0.5) is 0 Å². The molecule has 1 spiro atoms. The van der Waals surface area contributed by atoms with Crippen LogP contribution >= 0.6 is 0 Å². The lowest BCUT2D eigenvalue weighted by atomic mass is 9.78. The first kappa shape index (κ1) is 9.80. The fourth-order valence-corrected chi connectivity index (χ4v) is 2.93. The van der Waals surface area contributed by atoms with Gasteiger partial charge in [-0.25, -0.2) is 0 Å². The minimum atomic E-state index is -0.707. The molecule has 0 aromatic carbocycles. The molecule has 1 aliphatic heterocycles. The van der Waals surface area contributed by atoms with Crippen molar-refractivity contribution in [3.8, 4) is 6.07 Å². The maximum atomic E-state index is 9.42. The van der Waals surface area contributed by atoms with Crippen LogP contribution in [0.15, 0.2) is 24.5 Å². The predicted molar refractivity (Wildman–Crippen MR) is 58.4 cm³/mol. The minimum Gasteiger partial charge on any atom is -0.342 e. The Labute approximate surface area is 95.1 Å². The van der Waals surface area contributed by atoms with Gasteiger partial charge in [0.2, 0.25) is 5.60 Å². The lowest BCUT2D eigenvalue weighted by Gasteiger charge is -2.20. The summed E-state index contributed by atoms with van der Waals surface area (Å²) in [6.45, 7) is 0. The highest BCUT2D eigenvalue weighted by molar-refractivity contribution is 5.40. The largest absolute Gasteiger partial charge is 0.342 e. The van der Waals surface area contributed by atoms with Crippen LogP contribution in [0.2, 0.25) is 0 Å². The highest BCUT2D eigenvalue weighted by atomic mass is 16.6. The number of epoxide rings is 1. The maximum Gasteiger partial charge on any atom is 0.210 e. The van der Waals surface area contributed by atoms with Crippen molar-refractivity contribution in [2.45, 2.75) is 43.3 Å². The van der Waals surface area contributed by atoms with Crippen LogP contribution < -0.4 is 0 Å². The van der Waals surface area contributed by atoms with Gasteiger partial charge in [-0.15, -0.1) is 0 Å². The van der Waals surface area contributed by atoms with E-state index in [0.29, 0.717) is 0 Å². The minimum absolute atomic E-state index is 0.205. The van der Waals surface area contributed by atoms with Gasteiger partial charge in [0.1, 0.15) is 11.7 Å². The summed E-state index contributed by atoms with van der Waals surface area (Å²) in [4.78, 5) is 4.09. The molecule has 0 bridgehead atoms. The molecule has 3 nitrogen and oxygen atoms in total. The molecular weight excluding hydrogens is 200 g/mol. The fourth-order valence-electron chi connectivity index (χ4n) is 2.93. The Morgan fingerprint density at radius 2 is 2.12 bits per heavy atom. The Balaban J connectivity index is 1.96. The monoisotopic (exact) mass is 214 g/mol. The lowest BCUT2D eigenvalue weighted by molar-refractivity contribution is 0.229. The molecule has 2 heterocycles. The average molecular weight is 214 g/mol. The van der Waals surface area contributed by atoms with Crippen LogP contribution in [-0.4, -0.2) is 10.6 Å². The van der Waals surface area contributed by atoms with Gasteiger partial charge in [0.15, 0.2) is 0 Å². The summed E-state index contributed by atoms with van der Waals surface area (Å²) in [5.74, 6) is 0. The maximum absolute atomic E-state index is 9.42. The van der Waals surface area contributed by atoms with Crippen molar-refractivity contribution in [3.63, 3.8) is 0 Å². The molecule has 2 aliphatic rings. The van der Waals surface area contributed by atoms with Gasteiger partial charge in [0, 0.05) is 18.0 Å². The first-order chi connectivity index (χ1) is 7.83. The van der Waals surface area contributed by atoms with Crippen molar-refractivity contribution >= 4 is 0 Å². The number of hydrogen-bond donors (Lipinski definition) is 0. The third-order valence-corrected chi connectivity index (χ3v) is 3.84. The molecule has 16 heavy (non-hydrogen) atoms.